The molecule has 0 radical (unpaired) electrons. The Kier molecular flexibility index (Phi) is 5.08. The molecule has 0 saturated carbocycles. The Labute approximate surface area is 123 Å². The van der Waals surface area contributed by atoms with Gasteiger partial charge in [-0.2, -0.15) is 0 Å². The number of rotatable bonds is 5. The minimum Gasteiger partial charge on any atom is -0.370 e. The van der Waals surface area contributed by atoms with Crippen LogP contribution in [-0.4, -0.2) is 40.3 Å². The first kappa shape index (κ1) is 15.2. The smallest absolute Gasteiger partial charge is 0.300 e. The SMILES string of the molecule is CCCNc1cc(C(=O)N2CCCCC2)c([N+](=O)[O-])cn1. The first-order chi connectivity index (χ1) is 10.1. The zero-order chi connectivity index (χ0) is 15.2. The van der Waals surface area contributed by atoms with Gasteiger partial charge in [0.2, 0.25) is 0 Å². The Morgan fingerprint density at radius 2 is 2.14 bits per heavy atom. The third-order valence-electron chi connectivity index (χ3n) is 3.51. The van der Waals surface area contributed by atoms with E-state index < -0.39 is 4.92 Å². The molecule has 1 aromatic rings. The molecule has 1 amide bonds. The van der Waals surface area contributed by atoms with Crippen molar-refractivity contribution in [1.82, 2.24) is 9.88 Å². The van der Waals surface area contributed by atoms with Crippen molar-refractivity contribution >= 4 is 17.4 Å². The summed E-state index contributed by atoms with van der Waals surface area (Å²) in [6.07, 6.45) is 5.08. The molecule has 2 rings (SSSR count). The van der Waals surface area contributed by atoms with Crippen LogP contribution in [0.2, 0.25) is 0 Å². The molecule has 21 heavy (non-hydrogen) atoms. The van der Waals surface area contributed by atoms with Gasteiger partial charge in [0.25, 0.3) is 11.6 Å². The first-order valence-corrected chi connectivity index (χ1v) is 7.31. The van der Waals surface area contributed by atoms with Gasteiger partial charge in [-0.25, -0.2) is 4.98 Å². The molecule has 0 aliphatic carbocycles. The van der Waals surface area contributed by atoms with Crippen LogP contribution in [0.15, 0.2) is 12.3 Å². The molecule has 1 N–H and O–H groups in total. The van der Waals surface area contributed by atoms with E-state index in [0.717, 1.165) is 31.9 Å². The summed E-state index contributed by atoms with van der Waals surface area (Å²) >= 11 is 0. The molecule has 1 aliphatic rings. The highest BCUT2D eigenvalue weighted by molar-refractivity contribution is 5.98. The van der Waals surface area contributed by atoms with Gasteiger partial charge in [-0.05, 0) is 25.7 Å². The highest BCUT2D eigenvalue weighted by Crippen LogP contribution is 2.23. The van der Waals surface area contributed by atoms with Crippen molar-refractivity contribution < 1.29 is 9.72 Å². The highest BCUT2D eigenvalue weighted by Gasteiger charge is 2.26. The van der Waals surface area contributed by atoms with E-state index in [2.05, 4.69) is 10.3 Å². The molecule has 0 aromatic carbocycles. The van der Waals surface area contributed by atoms with E-state index in [1.54, 1.807) is 4.90 Å². The Morgan fingerprint density at radius 3 is 2.76 bits per heavy atom. The van der Waals surface area contributed by atoms with Crippen LogP contribution in [0.25, 0.3) is 0 Å². The van der Waals surface area contributed by atoms with Gasteiger partial charge in [0.1, 0.15) is 17.6 Å². The number of carbonyl (C=O) groups excluding carboxylic acids is 1. The van der Waals surface area contributed by atoms with Crippen molar-refractivity contribution in [2.24, 2.45) is 0 Å². The summed E-state index contributed by atoms with van der Waals surface area (Å²) in [4.78, 5) is 28.8. The number of nitrogens with zero attached hydrogens (tertiary/aromatic N) is 3. The summed E-state index contributed by atoms with van der Waals surface area (Å²) < 4.78 is 0. The van der Waals surface area contributed by atoms with E-state index in [9.17, 15) is 14.9 Å². The van der Waals surface area contributed by atoms with Gasteiger partial charge in [-0.3, -0.25) is 14.9 Å². The Bertz CT molecular complexity index is 527. The standard InChI is InChI=1S/C14H20N4O3/c1-2-6-15-13-9-11(12(10-16-13)18(20)21)14(19)17-7-4-3-5-8-17/h9-10H,2-8H2,1H3,(H,15,16). The zero-order valence-corrected chi connectivity index (χ0v) is 12.2. The van der Waals surface area contributed by atoms with Crippen molar-refractivity contribution in [2.45, 2.75) is 32.6 Å². The molecule has 0 bridgehead atoms. The number of hydrogen-bond acceptors (Lipinski definition) is 5. The second kappa shape index (κ2) is 7.01. The molecule has 0 spiro atoms. The number of nitrogens with one attached hydrogen (secondary N) is 1. The predicted octanol–water partition coefficient (Wildman–Crippen LogP) is 2.44. The third-order valence-corrected chi connectivity index (χ3v) is 3.51. The van der Waals surface area contributed by atoms with Crippen LogP contribution in [-0.2, 0) is 0 Å². The average molecular weight is 292 g/mol. The first-order valence-electron chi connectivity index (χ1n) is 7.31. The minimum atomic E-state index is -0.548. The lowest BCUT2D eigenvalue weighted by atomic mass is 10.1. The second-order valence-electron chi connectivity index (χ2n) is 5.12. The van der Waals surface area contributed by atoms with Gasteiger partial charge in [-0.1, -0.05) is 6.92 Å². The van der Waals surface area contributed by atoms with E-state index in [0.29, 0.717) is 25.5 Å². The van der Waals surface area contributed by atoms with E-state index in [1.807, 2.05) is 6.92 Å². The maximum atomic E-state index is 12.5. The number of anilines is 1. The summed E-state index contributed by atoms with van der Waals surface area (Å²) in [5.41, 5.74) is -0.108. The number of likely N-dealkylation sites (tertiary alicyclic amines) is 1. The highest BCUT2D eigenvalue weighted by atomic mass is 16.6. The number of amides is 1. The minimum absolute atomic E-state index is 0.121. The molecule has 0 atom stereocenters. The third kappa shape index (κ3) is 3.68. The molecule has 114 valence electrons. The van der Waals surface area contributed by atoms with Gasteiger partial charge >= 0.3 is 0 Å². The molecule has 2 heterocycles. The predicted molar refractivity (Wildman–Crippen MR) is 79.4 cm³/mol. The van der Waals surface area contributed by atoms with Crippen molar-refractivity contribution in [1.29, 1.82) is 0 Å². The Balaban J connectivity index is 2.28. The molecular formula is C14H20N4O3. The summed E-state index contributed by atoms with van der Waals surface area (Å²) in [6.45, 7) is 4.05. The van der Waals surface area contributed by atoms with E-state index in [-0.39, 0.29) is 17.2 Å². The topological polar surface area (TPSA) is 88.4 Å². The zero-order valence-electron chi connectivity index (χ0n) is 12.2. The van der Waals surface area contributed by atoms with Gasteiger partial charge in [0.05, 0.1) is 4.92 Å². The lowest BCUT2D eigenvalue weighted by Crippen LogP contribution is -2.36. The molecule has 1 aliphatic heterocycles. The fourth-order valence-corrected chi connectivity index (χ4v) is 2.38. The van der Waals surface area contributed by atoms with Crippen LogP contribution in [0.5, 0.6) is 0 Å². The van der Waals surface area contributed by atoms with Gasteiger partial charge in [0.15, 0.2) is 0 Å². The van der Waals surface area contributed by atoms with Crippen LogP contribution in [0.4, 0.5) is 11.5 Å². The van der Waals surface area contributed by atoms with Crippen molar-refractivity contribution in [3.63, 3.8) is 0 Å². The molecular weight excluding hydrogens is 272 g/mol. The molecule has 7 nitrogen and oxygen atoms in total. The van der Waals surface area contributed by atoms with Crippen LogP contribution in [0.3, 0.4) is 0 Å². The summed E-state index contributed by atoms with van der Waals surface area (Å²) in [7, 11) is 0. The average Bonchev–Trinajstić information content (AvgIpc) is 2.52. The number of piperidine rings is 1. The van der Waals surface area contributed by atoms with Crippen molar-refractivity contribution in [3.8, 4) is 0 Å². The molecule has 1 fully saturated rings. The van der Waals surface area contributed by atoms with E-state index >= 15 is 0 Å². The summed E-state index contributed by atoms with van der Waals surface area (Å²) in [5, 5.41) is 14.2. The molecule has 0 unspecified atom stereocenters. The fraction of sp³-hybridized carbons (Fsp3) is 0.571. The van der Waals surface area contributed by atoms with E-state index in [4.69, 9.17) is 0 Å². The normalized spacial score (nSPS) is 14.8. The van der Waals surface area contributed by atoms with Crippen molar-refractivity contribution in [2.75, 3.05) is 25.0 Å². The quantitative estimate of drug-likeness (QED) is 0.665. The fourth-order valence-electron chi connectivity index (χ4n) is 2.38. The molecule has 1 aromatic heterocycles. The van der Waals surface area contributed by atoms with Crippen LogP contribution in [0.1, 0.15) is 43.0 Å². The van der Waals surface area contributed by atoms with Crippen LogP contribution in [0, 0.1) is 10.1 Å². The monoisotopic (exact) mass is 292 g/mol. The van der Waals surface area contributed by atoms with E-state index in [1.165, 1.54) is 6.07 Å². The number of aromatic nitrogens is 1. The van der Waals surface area contributed by atoms with Crippen LogP contribution >= 0.6 is 0 Å². The lowest BCUT2D eigenvalue weighted by molar-refractivity contribution is -0.385. The van der Waals surface area contributed by atoms with Crippen molar-refractivity contribution in [3.05, 3.63) is 27.9 Å². The summed E-state index contributed by atoms with van der Waals surface area (Å²) in [5.74, 6) is 0.228. The second-order valence-corrected chi connectivity index (χ2v) is 5.12. The lowest BCUT2D eigenvalue weighted by Gasteiger charge is -2.26. The number of pyridine rings is 1. The number of hydrogen-bond donors (Lipinski definition) is 1. The largest absolute Gasteiger partial charge is 0.370 e. The number of nitro groups is 1. The number of carbonyl (C=O) groups is 1. The summed E-state index contributed by atoms with van der Waals surface area (Å²) in [6, 6.07) is 1.49. The van der Waals surface area contributed by atoms with Gasteiger partial charge < -0.3 is 10.2 Å². The Morgan fingerprint density at radius 1 is 1.43 bits per heavy atom. The van der Waals surface area contributed by atoms with Gasteiger partial charge in [0, 0.05) is 25.7 Å². The van der Waals surface area contributed by atoms with Gasteiger partial charge in [-0.15, -0.1) is 0 Å². The molecule has 1 saturated heterocycles. The maximum absolute atomic E-state index is 12.5. The molecule has 7 heteroatoms. The van der Waals surface area contributed by atoms with Crippen LogP contribution < -0.4 is 5.32 Å². The Hall–Kier alpha value is -2.18. The maximum Gasteiger partial charge on any atom is 0.300 e.